The van der Waals surface area contributed by atoms with Gasteiger partial charge >= 0.3 is 0 Å². The molecule has 0 atom stereocenters. The molecule has 0 fully saturated rings. The van der Waals surface area contributed by atoms with Gasteiger partial charge in [-0.25, -0.2) is 0 Å². The number of carbonyl (C=O) groups excluding carboxylic acids is 1. The highest BCUT2D eigenvalue weighted by atomic mass is 16.2. The summed E-state index contributed by atoms with van der Waals surface area (Å²) in [7, 11) is 1.76. The average molecular weight is 471 g/mol. The molecule has 0 unspecified atom stereocenters. The molecule has 0 aliphatic rings. The minimum absolute atomic E-state index is 0.115. The first-order chi connectivity index (χ1) is 17.6. The van der Waals surface area contributed by atoms with Crippen LogP contribution < -0.4 is 15.5 Å². The molecule has 2 heterocycles. The van der Waals surface area contributed by atoms with E-state index < -0.39 is 0 Å². The highest BCUT2D eigenvalue weighted by Crippen LogP contribution is 2.28. The van der Waals surface area contributed by atoms with Crippen molar-refractivity contribution in [2.24, 2.45) is 0 Å². The summed E-state index contributed by atoms with van der Waals surface area (Å²) < 4.78 is 0. The smallest absolute Gasteiger partial charge is 0.258 e. The Labute approximate surface area is 208 Å². The maximum Gasteiger partial charge on any atom is 0.258 e. The maximum atomic E-state index is 13.2. The molecule has 7 heteroatoms. The summed E-state index contributed by atoms with van der Waals surface area (Å²) in [5.74, 6) is -0.115. The molecule has 0 aliphatic carbocycles. The van der Waals surface area contributed by atoms with E-state index in [0.29, 0.717) is 11.1 Å². The SMILES string of the molecule is CN(C(=O)c1ccc(Nc2ccncc2)cc1)c1cccc(Nc2ccnc3ccc(C#N)cc23)c1. The summed E-state index contributed by atoms with van der Waals surface area (Å²) in [4.78, 5) is 23.2. The minimum atomic E-state index is -0.115. The van der Waals surface area contributed by atoms with Gasteiger partial charge in [0.25, 0.3) is 5.91 Å². The Morgan fingerprint density at radius 3 is 2.39 bits per heavy atom. The number of fused-ring (bicyclic) bond motifs is 1. The van der Waals surface area contributed by atoms with E-state index in [2.05, 4.69) is 26.7 Å². The predicted octanol–water partition coefficient (Wildman–Crippen LogP) is 6.27. The predicted molar refractivity (Wildman–Crippen MR) is 143 cm³/mol. The maximum absolute atomic E-state index is 13.2. The third-order valence-corrected chi connectivity index (χ3v) is 5.79. The Bertz CT molecular complexity index is 1580. The fourth-order valence-corrected chi connectivity index (χ4v) is 3.88. The summed E-state index contributed by atoms with van der Waals surface area (Å²) in [5.41, 5.74) is 6.16. The van der Waals surface area contributed by atoms with Crippen molar-refractivity contribution in [3.8, 4) is 6.07 Å². The van der Waals surface area contributed by atoms with Gasteiger partial charge in [-0.05, 0) is 78.9 Å². The lowest BCUT2D eigenvalue weighted by molar-refractivity contribution is 0.0993. The van der Waals surface area contributed by atoms with Crippen molar-refractivity contribution in [3.63, 3.8) is 0 Å². The molecule has 0 saturated heterocycles. The summed E-state index contributed by atoms with van der Waals surface area (Å²) in [6, 6.07) is 28.2. The Hall–Kier alpha value is -5.22. The van der Waals surface area contributed by atoms with E-state index in [9.17, 15) is 10.1 Å². The largest absolute Gasteiger partial charge is 0.355 e. The first-order valence-electron chi connectivity index (χ1n) is 11.3. The third-order valence-electron chi connectivity index (χ3n) is 5.79. The first kappa shape index (κ1) is 22.6. The molecule has 3 aromatic carbocycles. The van der Waals surface area contributed by atoms with Crippen molar-refractivity contribution in [2.45, 2.75) is 0 Å². The molecule has 7 nitrogen and oxygen atoms in total. The number of pyridine rings is 2. The molecule has 0 bridgehead atoms. The van der Waals surface area contributed by atoms with Crippen molar-refractivity contribution in [3.05, 3.63) is 115 Å². The highest BCUT2D eigenvalue weighted by molar-refractivity contribution is 6.06. The lowest BCUT2D eigenvalue weighted by Crippen LogP contribution is -2.26. The Morgan fingerprint density at radius 1 is 0.833 bits per heavy atom. The number of anilines is 5. The fourth-order valence-electron chi connectivity index (χ4n) is 3.88. The fraction of sp³-hybridized carbons (Fsp3) is 0.0345. The number of nitriles is 1. The lowest BCUT2D eigenvalue weighted by atomic mass is 10.1. The second-order valence-electron chi connectivity index (χ2n) is 8.18. The third kappa shape index (κ3) is 4.83. The molecule has 0 radical (unpaired) electrons. The van der Waals surface area contributed by atoms with Gasteiger partial charge in [-0.3, -0.25) is 14.8 Å². The van der Waals surface area contributed by atoms with E-state index >= 15 is 0 Å². The molecule has 2 aromatic heterocycles. The summed E-state index contributed by atoms with van der Waals surface area (Å²) >= 11 is 0. The van der Waals surface area contributed by atoms with E-state index in [0.717, 1.165) is 39.3 Å². The number of benzene rings is 3. The van der Waals surface area contributed by atoms with Crippen LogP contribution in [-0.2, 0) is 0 Å². The number of hydrogen-bond acceptors (Lipinski definition) is 6. The molecule has 5 aromatic rings. The monoisotopic (exact) mass is 470 g/mol. The van der Waals surface area contributed by atoms with Crippen LogP contribution in [0.15, 0.2) is 104 Å². The number of nitrogens with zero attached hydrogens (tertiary/aromatic N) is 4. The van der Waals surface area contributed by atoms with Crippen molar-refractivity contribution in [1.29, 1.82) is 5.26 Å². The normalized spacial score (nSPS) is 10.4. The molecular formula is C29H22N6O. The lowest BCUT2D eigenvalue weighted by Gasteiger charge is -2.19. The van der Waals surface area contributed by atoms with E-state index in [1.807, 2.05) is 66.7 Å². The summed E-state index contributed by atoms with van der Waals surface area (Å²) in [6.07, 6.45) is 5.17. The zero-order chi connectivity index (χ0) is 24.9. The zero-order valence-corrected chi connectivity index (χ0v) is 19.5. The van der Waals surface area contributed by atoms with Crippen molar-refractivity contribution < 1.29 is 4.79 Å². The van der Waals surface area contributed by atoms with Gasteiger partial charge in [0.15, 0.2) is 0 Å². The van der Waals surface area contributed by atoms with Gasteiger partial charge in [0.05, 0.1) is 17.1 Å². The van der Waals surface area contributed by atoms with Gasteiger partial charge in [0.1, 0.15) is 0 Å². The zero-order valence-electron chi connectivity index (χ0n) is 19.5. The quantitative estimate of drug-likeness (QED) is 0.304. The molecule has 36 heavy (non-hydrogen) atoms. The molecule has 5 rings (SSSR count). The molecule has 0 saturated carbocycles. The Kier molecular flexibility index (Phi) is 6.24. The van der Waals surface area contributed by atoms with Crippen LogP contribution in [0.1, 0.15) is 15.9 Å². The van der Waals surface area contributed by atoms with Crippen LogP contribution >= 0.6 is 0 Å². The number of amides is 1. The average Bonchev–Trinajstić information content (AvgIpc) is 2.93. The van der Waals surface area contributed by atoms with E-state index in [-0.39, 0.29) is 5.91 Å². The van der Waals surface area contributed by atoms with Crippen molar-refractivity contribution in [1.82, 2.24) is 9.97 Å². The molecule has 1 amide bonds. The number of aromatic nitrogens is 2. The standard InChI is InChI=1S/C29H22N6O/c1-35(29(36)21-6-8-22(9-7-21)33-23-11-14-31-15-12-23)25-4-2-3-24(18-25)34-28-13-16-32-27-10-5-20(19-30)17-26(27)28/h2-18H,1H3,(H,31,33)(H,32,34). The number of nitrogens with one attached hydrogen (secondary N) is 2. The van der Waals surface area contributed by atoms with Crippen LogP contribution in [0.25, 0.3) is 10.9 Å². The van der Waals surface area contributed by atoms with Gasteiger partial charge in [-0.2, -0.15) is 5.26 Å². The van der Waals surface area contributed by atoms with Crippen LogP contribution in [0, 0.1) is 11.3 Å². The first-order valence-corrected chi connectivity index (χ1v) is 11.3. The highest BCUT2D eigenvalue weighted by Gasteiger charge is 2.14. The molecule has 0 aliphatic heterocycles. The second-order valence-corrected chi connectivity index (χ2v) is 8.18. The van der Waals surface area contributed by atoms with Crippen molar-refractivity contribution >= 4 is 45.2 Å². The van der Waals surface area contributed by atoms with Crippen LogP contribution in [0.4, 0.5) is 28.4 Å². The summed E-state index contributed by atoms with van der Waals surface area (Å²) in [5, 5.41) is 16.8. The Balaban J connectivity index is 1.33. The minimum Gasteiger partial charge on any atom is -0.355 e. The molecule has 174 valence electrons. The van der Waals surface area contributed by atoms with Crippen LogP contribution in [0.5, 0.6) is 0 Å². The van der Waals surface area contributed by atoms with Crippen LogP contribution in [-0.4, -0.2) is 22.9 Å². The number of rotatable bonds is 6. The Morgan fingerprint density at radius 2 is 1.61 bits per heavy atom. The van der Waals surface area contributed by atoms with Gasteiger partial charge in [0.2, 0.25) is 0 Å². The van der Waals surface area contributed by atoms with E-state index in [4.69, 9.17) is 0 Å². The number of hydrogen-bond donors (Lipinski definition) is 2. The van der Waals surface area contributed by atoms with Crippen molar-refractivity contribution in [2.75, 3.05) is 22.6 Å². The summed E-state index contributed by atoms with van der Waals surface area (Å²) in [6.45, 7) is 0. The van der Waals surface area contributed by atoms with Gasteiger partial charge < -0.3 is 15.5 Å². The van der Waals surface area contributed by atoms with Gasteiger partial charge in [0, 0.05) is 65.0 Å². The van der Waals surface area contributed by atoms with Gasteiger partial charge in [-0.15, -0.1) is 0 Å². The van der Waals surface area contributed by atoms with Crippen LogP contribution in [0.3, 0.4) is 0 Å². The number of carbonyl (C=O) groups is 1. The topological polar surface area (TPSA) is 93.9 Å². The van der Waals surface area contributed by atoms with Crippen LogP contribution in [0.2, 0.25) is 0 Å². The molecule has 2 N–H and O–H groups in total. The molecular weight excluding hydrogens is 448 g/mol. The molecule has 0 spiro atoms. The van der Waals surface area contributed by atoms with Gasteiger partial charge in [-0.1, -0.05) is 6.07 Å². The second kappa shape index (κ2) is 9.95. The van der Waals surface area contributed by atoms with E-state index in [1.165, 1.54) is 0 Å². The van der Waals surface area contributed by atoms with E-state index in [1.54, 1.807) is 48.7 Å².